The van der Waals surface area contributed by atoms with E-state index in [1.54, 1.807) is 32.0 Å². The summed E-state index contributed by atoms with van der Waals surface area (Å²) in [5.41, 5.74) is 2.21. The van der Waals surface area contributed by atoms with Crippen LogP contribution in [0.5, 0.6) is 0 Å². The number of nitrogens with one attached hydrogen (secondary N) is 1. The summed E-state index contributed by atoms with van der Waals surface area (Å²) < 4.78 is 24.8. The standard InChI is InChI=1S/C23H30FN7O2Si/c1-34(2,3)10-9-33-15-30-19-13-27-21(18-12-26-20-7-6-16(24)14-29(18)20)28-22(19)31(23(30)32)17-5-4-8-25-11-17/h6-7,12-14,17,25H,4-5,8-11,15H2,1-3H3. The van der Waals surface area contributed by atoms with Crippen molar-refractivity contribution < 1.29 is 9.13 Å². The second kappa shape index (κ2) is 9.04. The normalized spacial score (nSPS) is 17.1. The Kier molecular flexibility index (Phi) is 6.09. The molecule has 0 aliphatic carbocycles. The van der Waals surface area contributed by atoms with Crippen molar-refractivity contribution in [1.29, 1.82) is 0 Å². The van der Waals surface area contributed by atoms with Gasteiger partial charge >= 0.3 is 5.69 Å². The summed E-state index contributed by atoms with van der Waals surface area (Å²) in [4.78, 5) is 27.2. The van der Waals surface area contributed by atoms with Crippen LogP contribution in [-0.2, 0) is 11.5 Å². The van der Waals surface area contributed by atoms with Crippen molar-refractivity contribution >= 4 is 24.9 Å². The summed E-state index contributed by atoms with van der Waals surface area (Å²) in [6.07, 6.45) is 6.52. The van der Waals surface area contributed by atoms with Crippen molar-refractivity contribution in [3.63, 3.8) is 0 Å². The zero-order valence-corrected chi connectivity index (χ0v) is 20.8. The third kappa shape index (κ3) is 4.42. The monoisotopic (exact) mass is 483 g/mol. The summed E-state index contributed by atoms with van der Waals surface area (Å²) >= 11 is 0. The molecule has 1 unspecified atom stereocenters. The molecule has 0 radical (unpaired) electrons. The van der Waals surface area contributed by atoms with Crippen LogP contribution in [0.3, 0.4) is 0 Å². The lowest BCUT2D eigenvalue weighted by Crippen LogP contribution is -2.37. The number of hydrogen-bond acceptors (Lipinski definition) is 6. The van der Waals surface area contributed by atoms with E-state index in [1.807, 2.05) is 0 Å². The minimum absolute atomic E-state index is 0.00522. The topological polar surface area (TPSA) is 91.3 Å². The van der Waals surface area contributed by atoms with Gasteiger partial charge in [-0.3, -0.25) is 13.5 Å². The molecule has 1 aliphatic rings. The molecule has 11 heteroatoms. The summed E-state index contributed by atoms with van der Waals surface area (Å²) in [6, 6.07) is 3.99. The number of fused-ring (bicyclic) bond motifs is 2. The van der Waals surface area contributed by atoms with E-state index in [9.17, 15) is 9.18 Å². The van der Waals surface area contributed by atoms with Gasteiger partial charge in [-0.15, -0.1) is 0 Å². The van der Waals surface area contributed by atoms with Gasteiger partial charge in [-0.25, -0.2) is 24.1 Å². The highest BCUT2D eigenvalue weighted by Gasteiger charge is 2.25. The van der Waals surface area contributed by atoms with E-state index in [2.05, 4.69) is 34.9 Å². The zero-order valence-electron chi connectivity index (χ0n) is 19.8. The van der Waals surface area contributed by atoms with Crippen LogP contribution in [0.15, 0.2) is 35.5 Å². The SMILES string of the molecule is C[Si](C)(C)CCOCn1c(=O)n(C2CCCNC2)c2nc(-c3cnc4ccc(F)cn34)ncc21. The average molecular weight is 484 g/mol. The van der Waals surface area contributed by atoms with Crippen molar-refractivity contribution in [3.8, 4) is 11.5 Å². The van der Waals surface area contributed by atoms with Gasteiger partial charge in [0, 0.05) is 27.4 Å². The van der Waals surface area contributed by atoms with Gasteiger partial charge in [0.05, 0.1) is 18.4 Å². The molecular weight excluding hydrogens is 453 g/mol. The molecule has 5 rings (SSSR count). The fraction of sp³-hybridized carbons (Fsp3) is 0.478. The maximum atomic E-state index is 13.9. The van der Waals surface area contributed by atoms with Gasteiger partial charge < -0.3 is 10.1 Å². The first-order valence-electron chi connectivity index (χ1n) is 11.7. The Hall–Kier alpha value is -2.89. The number of aromatic nitrogens is 6. The lowest BCUT2D eigenvalue weighted by Gasteiger charge is -2.23. The molecule has 9 nitrogen and oxygen atoms in total. The lowest BCUT2D eigenvalue weighted by atomic mass is 10.1. The van der Waals surface area contributed by atoms with Crippen LogP contribution >= 0.6 is 0 Å². The minimum atomic E-state index is -1.23. The first-order valence-corrected chi connectivity index (χ1v) is 15.4. The molecule has 1 atom stereocenters. The first-order chi connectivity index (χ1) is 16.3. The molecule has 1 fully saturated rings. The Morgan fingerprint density at radius 1 is 1.24 bits per heavy atom. The highest BCUT2D eigenvalue weighted by Crippen LogP contribution is 2.24. The van der Waals surface area contributed by atoms with Gasteiger partial charge in [-0.1, -0.05) is 19.6 Å². The summed E-state index contributed by atoms with van der Waals surface area (Å²) in [7, 11) is -1.23. The van der Waals surface area contributed by atoms with Gasteiger partial charge in [0.2, 0.25) is 0 Å². The maximum absolute atomic E-state index is 13.9. The molecule has 0 saturated carbocycles. The van der Waals surface area contributed by atoms with Gasteiger partial charge in [0.15, 0.2) is 11.5 Å². The Bertz CT molecular complexity index is 1380. The highest BCUT2D eigenvalue weighted by atomic mass is 28.3. The molecule has 1 aliphatic heterocycles. The average Bonchev–Trinajstić information content (AvgIpc) is 3.34. The van der Waals surface area contributed by atoms with E-state index < -0.39 is 8.07 Å². The molecule has 180 valence electrons. The van der Waals surface area contributed by atoms with Crippen molar-refractivity contribution in [2.75, 3.05) is 19.7 Å². The third-order valence-corrected chi connectivity index (χ3v) is 7.96. The predicted octanol–water partition coefficient (Wildman–Crippen LogP) is 3.28. The van der Waals surface area contributed by atoms with Gasteiger partial charge in [-0.2, -0.15) is 0 Å². The molecule has 4 aromatic rings. The number of pyridine rings is 1. The smallest absolute Gasteiger partial charge is 0.332 e. The van der Waals surface area contributed by atoms with Crippen molar-refractivity contribution in [1.82, 2.24) is 33.8 Å². The molecule has 1 N–H and O–H groups in total. The van der Waals surface area contributed by atoms with Crippen LogP contribution in [-0.4, -0.2) is 56.3 Å². The van der Waals surface area contributed by atoms with Crippen LogP contribution in [0.4, 0.5) is 4.39 Å². The van der Waals surface area contributed by atoms with Crippen molar-refractivity contribution in [2.45, 2.75) is 51.3 Å². The number of nitrogens with zero attached hydrogens (tertiary/aromatic N) is 6. The van der Waals surface area contributed by atoms with E-state index in [0.717, 1.165) is 25.4 Å². The van der Waals surface area contributed by atoms with E-state index in [1.165, 1.54) is 12.3 Å². The maximum Gasteiger partial charge on any atom is 0.332 e. The van der Waals surface area contributed by atoms with Crippen molar-refractivity contribution in [3.05, 3.63) is 47.0 Å². The number of hydrogen-bond donors (Lipinski definition) is 1. The number of ether oxygens (including phenoxy) is 1. The van der Waals surface area contributed by atoms with Crippen LogP contribution < -0.4 is 11.0 Å². The molecular formula is C23H30FN7O2Si. The molecule has 5 heterocycles. The highest BCUT2D eigenvalue weighted by molar-refractivity contribution is 6.76. The number of piperidine rings is 1. The van der Waals surface area contributed by atoms with Gasteiger partial charge in [0.25, 0.3) is 0 Å². The second-order valence-electron chi connectivity index (χ2n) is 10.1. The molecule has 0 amide bonds. The fourth-order valence-corrected chi connectivity index (χ4v) is 5.10. The minimum Gasteiger partial charge on any atom is -0.361 e. The van der Waals surface area contributed by atoms with Gasteiger partial charge in [-0.05, 0) is 37.6 Å². The molecule has 4 aromatic heterocycles. The summed E-state index contributed by atoms with van der Waals surface area (Å²) in [6.45, 7) is 9.32. The Balaban J connectivity index is 1.57. The quantitative estimate of drug-likeness (QED) is 0.320. The molecule has 0 bridgehead atoms. The Morgan fingerprint density at radius 2 is 2.09 bits per heavy atom. The summed E-state index contributed by atoms with van der Waals surface area (Å²) in [5.74, 6) is 0.0135. The molecule has 0 spiro atoms. The number of halogens is 1. The van der Waals surface area contributed by atoms with E-state index >= 15 is 0 Å². The zero-order chi connectivity index (χ0) is 23.9. The molecule has 1 saturated heterocycles. The second-order valence-corrected chi connectivity index (χ2v) is 15.7. The molecule has 34 heavy (non-hydrogen) atoms. The van der Waals surface area contributed by atoms with Crippen LogP contribution in [0.25, 0.3) is 28.3 Å². The van der Waals surface area contributed by atoms with Crippen LogP contribution in [0.1, 0.15) is 18.9 Å². The summed E-state index contributed by atoms with van der Waals surface area (Å²) in [5, 5.41) is 3.38. The number of imidazole rings is 2. The third-order valence-electron chi connectivity index (χ3n) is 6.26. The first kappa shape index (κ1) is 22.9. The van der Waals surface area contributed by atoms with E-state index in [-0.39, 0.29) is 24.3 Å². The predicted molar refractivity (Wildman–Crippen MR) is 131 cm³/mol. The fourth-order valence-electron chi connectivity index (χ4n) is 4.34. The van der Waals surface area contributed by atoms with Gasteiger partial charge in [0.1, 0.15) is 29.4 Å². The molecule has 0 aromatic carbocycles. The van der Waals surface area contributed by atoms with E-state index in [4.69, 9.17) is 9.72 Å². The van der Waals surface area contributed by atoms with Crippen molar-refractivity contribution in [2.24, 2.45) is 0 Å². The Labute approximate surface area is 197 Å². The van der Waals surface area contributed by atoms with E-state index in [0.29, 0.717) is 41.5 Å². The largest absolute Gasteiger partial charge is 0.361 e. The van der Waals surface area contributed by atoms with Crippen LogP contribution in [0, 0.1) is 5.82 Å². The van der Waals surface area contributed by atoms with Crippen LogP contribution in [0.2, 0.25) is 25.7 Å². The Morgan fingerprint density at radius 3 is 2.85 bits per heavy atom. The number of rotatable bonds is 7. The lowest BCUT2D eigenvalue weighted by molar-refractivity contribution is 0.0867.